The maximum Gasteiger partial charge on any atom is 0.252 e. The van der Waals surface area contributed by atoms with E-state index < -0.39 is 0 Å². The third-order valence-corrected chi connectivity index (χ3v) is 2.38. The van der Waals surface area contributed by atoms with E-state index in [1.54, 1.807) is 18.2 Å². The lowest BCUT2D eigenvalue weighted by Gasteiger charge is -2.21. The van der Waals surface area contributed by atoms with Crippen molar-refractivity contribution in [3.8, 4) is 0 Å². The normalized spacial score (nSPS) is 11.2. The summed E-state index contributed by atoms with van der Waals surface area (Å²) in [5.74, 6) is -0.102. The molecular weight excluding hydrogens is 253 g/mol. The second-order valence-corrected chi connectivity index (χ2v) is 5.30. The number of carbonyl (C=O) groups excluding carboxylic acids is 1. The van der Waals surface area contributed by atoms with Gasteiger partial charge in [-0.2, -0.15) is 0 Å². The van der Waals surface area contributed by atoms with Crippen molar-refractivity contribution in [1.82, 2.24) is 5.32 Å². The number of hydrogen-bond acceptors (Lipinski definition) is 1. The van der Waals surface area contributed by atoms with Gasteiger partial charge in [-0.3, -0.25) is 4.79 Å². The Bertz CT molecular complexity index is 385. The zero-order valence-electron chi connectivity index (χ0n) is 9.10. The van der Waals surface area contributed by atoms with Crippen molar-refractivity contribution in [1.29, 1.82) is 0 Å². The predicted molar refractivity (Wildman–Crippen MR) is 66.7 cm³/mol. The zero-order chi connectivity index (χ0) is 11.6. The summed E-state index contributed by atoms with van der Waals surface area (Å²) in [4.78, 5) is 11.8. The third-order valence-electron chi connectivity index (χ3n) is 1.73. The zero-order valence-corrected chi connectivity index (χ0v) is 10.7. The molecule has 0 aromatic heterocycles. The quantitative estimate of drug-likeness (QED) is 0.771. The highest BCUT2D eigenvalue weighted by atomic mass is 79.9. The first-order chi connectivity index (χ1) is 6.79. The average molecular weight is 266 g/mol. The van der Waals surface area contributed by atoms with E-state index in [1.165, 1.54) is 0 Å². The molecule has 0 unspecified atom stereocenters. The highest BCUT2D eigenvalue weighted by Gasteiger charge is 2.16. The first-order valence-corrected chi connectivity index (χ1v) is 5.46. The van der Waals surface area contributed by atoms with E-state index in [-0.39, 0.29) is 11.4 Å². The molecule has 1 amide bonds. The van der Waals surface area contributed by atoms with Gasteiger partial charge in [-0.1, -0.05) is 17.6 Å². The fraction of sp³-hybridized carbons (Fsp3) is 0.364. The van der Waals surface area contributed by atoms with Gasteiger partial charge in [0.25, 0.3) is 5.91 Å². The van der Waals surface area contributed by atoms with Crippen LogP contribution < -0.4 is 10.8 Å². The highest BCUT2D eigenvalue weighted by molar-refractivity contribution is 9.10. The molecule has 0 aliphatic rings. The fourth-order valence-electron chi connectivity index (χ4n) is 1.12. The molecule has 0 bridgehead atoms. The van der Waals surface area contributed by atoms with Crippen molar-refractivity contribution in [2.24, 2.45) is 0 Å². The van der Waals surface area contributed by atoms with Crippen molar-refractivity contribution in [3.63, 3.8) is 0 Å². The number of nitrogens with one attached hydrogen (secondary N) is 1. The Morgan fingerprint density at radius 1 is 1.40 bits per heavy atom. The highest BCUT2D eigenvalue weighted by Crippen LogP contribution is 2.15. The number of hydrogen-bond donors (Lipinski definition) is 1. The monoisotopic (exact) mass is 265 g/mol. The first kappa shape index (κ1) is 12.3. The number of amides is 1. The average Bonchev–Trinajstić information content (AvgIpc) is 1.99. The molecule has 0 fully saturated rings. The van der Waals surface area contributed by atoms with Gasteiger partial charge in [-0.25, -0.2) is 0 Å². The maximum absolute atomic E-state index is 11.8. The molecule has 2 radical (unpaired) electrons. The van der Waals surface area contributed by atoms with Crippen LogP contribution in [-0.2, 0) is 0 Å². The Hall–Kier alpha value is -0.765. The minimum Gasteiger partial charge on any atom is -0.347 e. The van der Waals surface area contributed by atoms with E-state index in [0.29, 0.717) is 15.5 Å². The molecule has 0 aliphatic heterocycles. The van der Waals surface area contributed by atoms with Crippen LogP contribution in [0.15, 0.2) is 22.7 Å². The van der Waals surface area contributed by atoms with Crippen LogP contribution in [-0.4, -0.2) is 19.3 Å². The fourth-order valence-corrected chi connectivity index (χ4v) is 1.70. The van der Waals surface area contributed by atoms with E-state index in [4.69, 9.17) is 7.85 Å². The van der Waals surface area contributed by atoms with Crippen LogP contribution in [0.5, 0.6) is 0 Å². The van der Waals surface area contributed by atoms with Gasteiger partial charge in [0.15, 0.2) is 0 Å². The molecule has 2 nitrogen and oxygen atoms in total. The van der Waals surface area contributed by atoms with Gasteiger partial charge in [0, 0.05) is 10.0 Å². The molecular formula is C11H13BBrNO. The van der Waals surface area contributed by atoms with Gasteiger partial charge in [-0.15, -0.1) is 0 Å². The predicted octanol–water partition coefficient (Wildman–Crippen LogP) is 1.77. The summed E-state index contributed by atoms with van der Waals surface area (Å²) in [5.41, 5.74) is 0.992. The molecule has 78 valence electrons. The topological polar surface area (TPSA) is 29.1 Å². The largest absolute Gasteiger partial charge is 0.347 e. The molecule has 1 aromatic rings. The lowest BCUT2D eigenvalue weighted by molar-refractivity contribution is 0.0919. The van der Waals surface area contributed by atoms with Crippen LogP contribution in [0.1, 0.15) is 31.1 Å². The summed E-state index contributed by atoms with van der Waals surface area (Å²) in [6.07, 6.45) is 0. The van der Waals surface area contributed by atoms with E-state index in [0.717, 1.165) is 0 Å². The van der Waals surface area contributed by atoms with Gasteiger partial charge in [0.1, 0.15) is 7.85 Å². The number of halogens is 1. The summed E-state index contributed by atoms with van der Waals surface area (Å²) in [7, 11) is 5.59. The van der Waals surface area contributed by atoms with Crippen molar-refractivity contribution >= 4 is 35.1 Å². The molecule has 0 spiro atoms. The number of carbonyl (C=O) groups is 1. The second kappa shape index (κ2) is 4.39. The van der Waals surface area contributed by atoms with Gasteiger partial charge in [0.2, 0.25) is 0 Å². The maximum atomic E-state index is 11.8. The molecule has 4 heteroatoms. The van der Waals surface area contributed by atoms with Crippen molar-refractivity contribution in [2.45, 2.75) is 26.3 Å². The van der Waals surface area contributed by atoms with Crippen LogP contribution in [0.25, 0.3) is 0 Å². The van der Waals surface area contributed by atoms with Crippen LogP contribution >= 0.6 is 15.9 Å². The third kappa shape index (κ3) is 3.70. The number of benzene rings is 1. The van der Waals surface area contributed by atoms with Gasteiger partial charge in [0.05, 0.1) is 5.56 Å². The molecule has 1 N–H and O–H groups in total. The molecule has 0 saturated carbocycles. The minimum absolute atomic E-state index is 0.102. The molecule has 15 heavy (non-hydrogen) atoms. The molecule has 0 aliphatic carbocycles. The smallest absolute Gasteiger partial charge is 0.252 e. The van der Waals surface area contributed by atoms with Crippen LogP contribution in [0, 0.1) is 0 Å². The SMILES string of the molecule is [B]c1ccc(C(=O)NC(C)(C)C)c(Br)c1. The van der Waals surface area contributed by atoms with E-state index >= 15 is 0 Å². The van der Waals surface area contributed by atoms with E-state index in [2.05, 4.69) is 21.2 Å². The Balaban J connectivity index is 2.92. The van der Waals surface area contributed by atoms with Gasteiger partial charge < -0.3 is 5.32 Å². The van der Waals surface area contributed by atoms with Crippen molar-refractivity contribution in [3.05, 3.63) is 28.2 Å². The lowest BCUT2D eigenvalue weighted by atomic mass is 9.95. The van der Waals surface area contributed by atoms with Crippen LogP contribution in [0.4, 0.5) is 0 Å². The van der Waals surface area contributed by atoms with Crippen LogP contribution in [0.3, 0.4) is 0 Å². The van der Waals surface area contributed by atoms with E-state index in [1.807, 2.05) is 20.8 Å². The van der Waals surface area contributed by atoms with Gasteiger partial charge in [-0.05, 0) is 42.8 Å². The number of rotatable bonds is 1. The van der Waals surface area contributed by atoms with Crippen molar-refractivity contribution in [2.75, 3.05) is 0 Å². The Morgan fingerprint density at radius 2 is 2.00 bits per heavy atom. The lowest BCUT2D eigenvalue weighted by Crippen LogP contribution is -2.40. The molecule has 0 atom stereocenters. The Morgan fingerprint density at radius 3 is 2.47 bits per heavy atom. The molecule has 1 rings (SSSR count). The van der Waals surface area contributed by atoms with Crippen molar-refractivity contribution < 1.29 is 4.79 Å². The summed E-state index contributed by atoms with van der Waals surface area (Å²) in [5, 5.41) is 2.89. The molecule has 0 saturated heterocycles. The summed E-state index contributed by atoms with van der Waals surface area (Å²) in [6, 6.07) is 5.14. The summed E-state index contributed by atoms with van der Waals surface area (Å²) < 4.78 is 0.712. The Labute approximate surface area is 100.0 Å². The second-order valence-electron chi connectivity index (χ2n) is 4.44. The standard InChI is InChI=1S/C11H13BBrNO/c1-11(2,3)14-10(15)8-5-4-7(12)6-9(8)13/h4-6H,1-3H3,(H,14,15). The van der Waals surface area contributed by atoms with E-state index in [9.17, 15) is 4.79 Å². The first-order valence-electron chi connectivity index (χ1n) is 4.67. The summed E-state index contributed by atoms with van der Waals surface area (Å²) >= 11 is 3.31. The van der Waals surface area contributed by atoms with Gasteiger partial charge >= 0.3 is 0 Å². The molecule has 0 heterocycles. The Kier molecular flexibility index (Phi) is 3.60. The molecule has 1 aromatic carbocycles. The van der Waals surface area contributed by atoms with Crippen LogP contribution in [0.2, 0.25) is 0 Å². The summed E-state index contributed by atoms with van der Waals surface area (Å²) in [6.45, 7) is 5.82. The minimum atomic E-state index is -0.238.